The molecule has 0 bridgehead atoms. The smallest absolute Gasteiger partial charge is 0.416 e. The Kier molecular flexibility index (Phi) is 8.62. The van der Waals surface area contributed by atoms with E-state index in [9.17, 15) is 28.1 Å². The van der Waals surface area contributed by atoms with Crippen molar-refractivity contribution >= 4 is 23.2 Å². The molecule has 0 unspecified atom stereocenters. The number of aromatic nitrogens is 4. The SMILES string of the molecule is COc1ccc(-c2nc(-c3ccncc3)nn2CCN(C(=O)c2ccc(C(F)(F)F)cc2[N+](=O)O)C2CCCC2)cc1Cl. The summed E-state index contributed by atoms with van der Waals surface area (Å²) in [5.74, 6) is 0.684. The molecule has 1 aliphatic carbocycles. The van der Waals surface area contributed by atoms with Crippen molar-refractivity contribution in [1.29, 1.82) is 0 Å². The number of alkyl halides is 3. The lowest BCUT2D eigenvalue weighted by Gasteiger charge is -2.29. The first-order chi connectivity index (χ1) is 20.6. The fourth-order valence-electron chi connectivity index (χ4n) is 5.21. The molecule has 1 aliphatic rings. The summed E-state index contributed by atoms with van der Waals surface area (Å²) < 4.78 is 46.8. The minimum atomic E-state index is -4.77. The molecule has 1 fully saturated rings. The lowest BCUT2D eigenvalue weighted by molar-refractivity contribution is -0.729. The second-order valence-corrected chi connectivity index (χ2v) is 10.4. The summed E-state index contributed by atoms with van der Waals surface area (Å²) in [4.78, 5) is 35.3. The van der Waals surface area contributed by atoms with Crippen molar-refractivity contribution in [1.82, 2.24) is 24.6 Å². The van der Waals surface area contributed by atoms with Crippen molar-refractivity contribution in [2.24, 2.45) is 0 Å². The first-order valence-corrected chi connectivity index (χ1v) is 13.8. The Hall–Kier alpha value is -4.52. The summed E-state index contributed by atoms with van der Waals surface area (Å²) in [5.41, 5.74) is -0.918. The zero-order valence-electron chi connectivity index (χ0n) is 23.0. The lowest BCUT2D eigenvalue weighted by Crippen LogP contribution is -2.41. The molecular formula is C29H27ClF3N6O4+. The van der Waals surface area contributed by atoms with Crippen LogP contribution in [0.25, 0.3) is 22.8 Å². The lowest BCUT2D eigenvalue weighted by atomic mass is 10.1. The summed E-state index contributed by atoms with van der Waals surface area (Å²) in [7, 11) is 1.50. The number of halogens is 4. The molecule has 1 N–H and O–H groups in total. The minimum Gasteiger partial charge on any atom is -0.495 e. The Labute approximate surface area is 249 Å². The van der Waals surface area contributed by atoms with Crippen LogP contribution in [-0.4, -0.2) is 60.4 Å². The van der Waals surface area contributed by atoms with Gasteiger partial charge in [0, 0.05) is 42.2 Å². The van der Waals surface area contributed by atoms with Crippen LogP contribution in [0, 0.1) is 4.91 Å². The number of methoxy groups -OCH3 is 1. The highest BCUT2D eigenvalue weighted by Gasteiger charge is 2.37. The fraction of sp³-hybridized carbons (Fsp3) is 0.310. The number of carbonyl (C=O) groups excluding carboxylic acids is 1. The predicted octanol–water partition coefficient (Wildman–Crippen LogP) is 6.57. The van der Waals surface area contributed by atoms with Crippen molar-refractivity contribution in [2.45, 2.75) is 44.4 Å². The Morgan fingerprint density at radius 1 is 1.12 bits per heavy atom. The average molecular weight is 616 g/mol. The summed E-state index contributed by atoms with van der Waals surface area (Å²) in [6, 6.07) is 10.6. The van der Waals surface area contributed by atoms with Gasteiger partial charge in [0.1, 0.15) is 11.3 Å². The summed E-state index contributed by atoms with van der Waals surface area (Å²) in [6.45, 7) is 0.264. The average Bonchev–Trinajstić information content (AvgIpc) is 3.68. The van der Waals surface area contributed by atoms with Crippen molar-refractivity contribution in [3.05, 3.63) is 82.0 Å². The van der Waals surface area contributed by atoms with Gasteiger partial charge in [-0.1, -0.05) is 24.4 Å². The molecule has 2 aromatic carbocycles. The topological polar surface area (TPSA) is 113 Å². The molecule has 43 heavy (non-hydrogen) atoms. The van der Waals surface area contributed by atoms with Gasteiger partial charge in [-0.15, -0.1) is 0 Å². The third-order valence-corrected chi connectivity index (χ3v) is 7.66. The first kappa shape index (κ1) is 30.0. The van der Waals surface area contributed by atoms with E-state index in [0.29, 0.717) is 52.5 Å². The normalized spacial score (nSPS) is 13.7. The van der Waals surface area contributed by atoms with Crippen molar-refractivity contribution in [3.63, 3.8) is 0 Å². The van der Waals surface area contributed by atoms with Crippen LogP contribution in [0.3, 0.4) is 0 Å². The maximum absolute atomic E-state index is 13.8. The Morgan fingerprint density at radius 3 is 2.47 bits per heavy atom. The van der Waals surface area contributed by atoms with E-state index in [-0.39, 0.29) is 24.7 Å². The fourth-order valence-corrected chi connectivity index (χ4v) is 5.47. The van der Waals surface area contributed by atoms with E-state index < -0.39 is 28.3 Å². The highest BCUT2D eigenvalue weighted by Crippen LogP contribution is 2.35. The second kappa shape index (κ2) is 12.4. The predicted molar refractivity (Wildman–Crippen MR) is 150 cm³/mol. The monoisotopic (exact) mass is 615 g/mol. The number of nitrogens with zero attached hydrogens (tertiary/aromatic N) is 6. The molecular weight excluding hydrogens is 589 g/mol. The van der Waals surface area contributed by atoms with Crippen LogP contribution < -0.4 is 4.74 Å². The molecule has 5 rings (SSSR count). The van der Waals surface area contributed by atoms with Crippen LogP contribution in [0.1, 0.15) is 41.6 Å². The van der Waals surface area contributed by atoms with E-state index in [1.807, 2.05) is 0 Å². The quantitative estimate of drug-likeness (QED) is 0.212. The third-order valence-electron chi connectivity index (χ3n) is 7.36. The summed E-state index contributed by atoms with van der Waals surface area (Å²) in [5, 5.41) is 14.7. The molecule has 4 aromatic rings. The van der Waals surface area contributed by atoms with Gasteiger partial charge in [-0.2, -0.15) is 18.3 Å². The molecule has 0 atom stereocenters. The number of amides is 1. The molecule has 224 valence electrons. The number of benzene rings is 2. The van der Waals surface area contributed by atoms with Crippen LogP contribution in [0.2, 0.25) is 5.02 Å². The van der Waals surface area contributed by atoms with Crippen molar-refractivity contribution in [3.8, 4) is 28.5 Å². The van der Waals surface area contributed by atoms with E-state index >= 15 is 0 Å². The molecule has 14 heteroatoms. The molecule has 10 nitrogen and oxygen atoms in total. The highest BCUT2D eigenvalue weighted by atomic mass is 35.5. The number of pyridine rings is 1. The Balaban J connectivity index is 1.51. The van der Waals surface area contributed by atoms with Gasteiger partial charge in [-0.05, 0) is 55.3 Å². The van der Waals surface area contributed by atoms with Crippen molar-refractivity contribution < 1.29 is 32.8 Å². The summed E-state index contributed by atoms with van der Waals surface area (Å²) in [6.07, 6.45) is 1.56. The van der Waals surface area contributed by atoms with Crippen LogP contribution in [0.4, 0.5) is 18.9 Å². The highest BCUT2D eigenvalue weighted by molar-refractivity contribution is 6.32. The van der Waals surface area contributed by atoms with Crippen LogP contribution in [0.5, 0.6) is 5.75 Å². The molecule has 0 spiro atoms. The first-order valence-electron chi connectivity index (χ1n) is 13.4. The number of rotatable bonds is 9. The van der Waals surface area contributed by atoms with Crippen LogP contribution in [-0.2, 0) is 12.7 Å². The van der Waals surface area contributed by atoms with E-state index in [4.69, 9.17) is 21.3 Å². The van der Waals surface area contributed by atoms with Gasteiger partial charge in [-0.3, -0.25) is 9.78 Å². The van der Waals surface area contributed by atoms with E-state index in [0.717, 1.165) is 25.0 Å². The molecule has 0 aliphatic heterocycles. The third kappa shape index (κ3) is 6.46. The van der Waals surface area contributed by atoms with Gasteiger partial charge in [0.15, 0.2) is 11.6 Å². The van der Waals surface area contributed by atoms with Gasteiger partial charge >= 0.3 is 11.9 Å². The minimum absolute atomic E-state index is 0.101. The Bertz CT molecular complexity index is 1640. The van der Waals surface area contributed by atoms with Gasteiger partial charge in [0.25, 0.3) is 10.8 Å². The molecule has 2 aromatic heterocycles. The number of ether oxygens (including phenoxy) is 1. The number of hydrogen-bond acceptors (Lipinski definition) is 6. The zero-order valence-corrected chi connectivity index (χ0v) is 23.7. The van der Waals surface area contributed by atoms with Gasteiger partial charge in [0.2, 0.25) is 0 Å². The van der Waals surface area contributed by atoms with E-state index in [1.165, 1.54) is 12.0 Å². The maximum atomic E-state index is 13.8. The summed E-state index contributed by atoms with van der Waals surface area (Å²) >= 11 is 6.39. The Morgan fingerprint density at radius 2 is 1.84 bits per heavy atom. The number of carbonyl (C=O) groups is 1. The second-order valence-electron chi connectivity index (χ2n) is 10.0. The van der Waals surface area contributed by atoms with Gasteiger partial charge in [0.05, 0.1) is 29.1 Å². The molecule has 1 saturated carbocycles. The molecule has 2 heterocycles. The zero-order chi connectivity index (χ0) is 30.7. The van der Waals surface area contributed by atoms with Crippen LogP contribution in [0.15, 0.2) is 60.9 Å². The number of hydrogen-bond donors (Lipinski definition) is 1. The largest absolute Gasteiger partial charge is 0.495 e. The standard InChI is InChI=1S/C29H27ClF3N6O4/c1-43-25-9-6-19(16-23(25)30)27-35-26(18-10-12-34-13-11-18)36-38(27)15-14-37(21-4-2-3-5-21)28(40)22-8-7-20(29(31,32)33)17-24(22)39(41)42/h6-13,16-17,21H,2-5,14-15H2,1H3,(H,41,42)/q+1. The van der Waals surface area contributed by atoms with E-state index in [1.54, 1.807) is 47.4 Å². The maximum Gasteiger partial charge on any atom is 0.416 e. The molecule has 0 saturated heterocycles. The van der Waals surface area contributed by atoms with Gasteiger partial charge in [-0.25, -0.2) is 14.9 Å². The van der Waals surface area contributed by atoms with Crippen molar-refractivity contribution in [2.75, 3.05) is 13.7 Å². The van der Waals surface area contributed by atoms with E-state index in [2.05, 4.69) is 10.1 Å². The van der Waals surface area contributed by atoms with Crippen LogP contribution >= 0.6 is 11.6 Å². The molecule has 1 amide bonds. The van der Waals surface area contributed by atoms with Gasteiger partial charge < -0.3 is 9.64 Å². The molecule has 0 radical (unpaired) electrons.